The van der Waals surface area contributed by atoms with Crippen molar-refractivity contribution < 1.29 is 9.47 Å². The molecule has 0 unspecified atom stereocenters. The molecule has 1 N–H and O–H groups in total. The number of rotatable bonds is 3. The van der Waals surface area contributed by atoms with Gasteiger partial charge in [-0.15, -0.1) is 10.2 Å². The lowest BCUT2D eigenvalue weighted by atomic mass is 9.62. The molecule has 0 amide bonds. The van der Waals surface area contributed by atoms with Crippen molar-refractivity contribution in [3.05, 3.63) is 5.82 Å². The normalized spacial score (nSPS) is 38.8. The van der Waals surface area contributed by atoms with E-state index in [0.29, 0.717) is 0 Å². The predicted molar refractivity (Wildman–Crippen MR) is 86.6 cm³/mol. The Morgan fingerprint density at radius 2 is 1.92 bits per heavy atom. The second kappa shape index (κ2) is 5.47. The maximum Gasteiger partial charge on any atom is 0.183 e. The molecule has 1 aromatic heterocycles. The molecule has 6 rings (SSSR count). The Balaban J connectivity index is 1.24. The van der Waals surface area contributed by atoms with E-state index in [1.54, 1.807) is 0 Å². The van der Waals surface area contributed by atoms with Crippen molar-refractivity contribution in [2.75, 3.05) is 32.8 Å². The summed E-state index contributed by atoms with van der Waals surface area (Å²) in [6, 6.07) is 0. The second-order valence-corrected chi connectivity index (χ2v) is 8.50. The molecule has 3 saturated heterocycles. The molecule has 1 spiro atoms. The van der Waals surface area contributed by atoms with Gasteiger partial charge in [0.25, 0.3) is 0 Å². The highest BCUT2D eigenvalue weighted by atomic mass is 16.5. The summed E-state index contributed by atoms with van der Waals surface area (Å²) in [5.41, 5.74) is 0.127. The van der Waals surface area contributed by atoms with Crippen LogP contribution in [0.5, 0.6) is 0 Å². The lowest BCUT2D eigenvalue weighted by Crippen LogP contribution is -2.59. The summed E-state index contributed by atoms with van der Waals surface area (Å²) in [5.74, 6) is 0.831. The van der Waals surface area contributed by atoms with Gasteiger partial charge in [0.2, 0.25) is 0 Å². The number of hydrogen-bond donors (Lipinski definition) is 1. The van der Waals surface area contributed by atoms with Crippen LogP contribution in [-0.4, -0.2) is 69.6 Å². The molecule has 5 aliphatic rings. The average Bonchev–Trinajstić information content (AvgIpc) is 3.23. The quantitative estimate of drug-likeness (QED) is 0.902. The molecule has 0 atom stereocenters. The molecule has 0 aromatic carbocycles. The van der Waals surface area contributed by atoms with Crippen LogP contribution in [0.25, 0.3) is 0 Å². The van der Waals surface area contributed by atoms with E-state index >= 15 is 0 Å². The number of H-pyrrole nitrogens is 1. The first-order valence-corrected chi connectivity index (χ1v) is 9.46. The van der Waals surface area contributed by atoms with Gasteiger partial charge in [0.15, 0.2) is 5.82 Å². The largest absolute Gasteiger partial charge is 0.373 e. The van der Waals surface area contributed by atoms with Gasteiger partial charge in [-0.2, -0.15) is 5.21 Å². The number of fused-ring (bicyclic) bond motifs is 1. The van der Waals surface area contributed by atoms with Gasteiger partial charge in [-0.05, 0) is 25.7 Å². The lowest BCUT2D eigenvalue weighted by Gasteiger charge is -2.49. The molecule has 3 aliphatic heterocycles. The third-order valence-electron chi connectivity index (χ3n) is 6.65. The molecular formula is C17H27N5O2. The van der Waals surface area contributed by atoms with Crippen molar-refractivity contribution in [3.8, 4) is 0 Å². The van der Waals surface area contributed by atoms with Crippen molar-refractivity contribution in [1.82, 2.24) is 25.5 Å². The molecule has 2 saturated carbocycles. The third-order valence-corrected chi connectivity index (χ3v) is 6.65. The van der Waals surface area contributed by atoms with Crippen molar-refractivity contribution in [1.29, 1.82) is 0 Å². The van der Waals surface area contributed by atoms with Gasteiger partial charge in [0.1, 0.15) is 0 Å². The molecule has 7 nitrogen and oxygen atoms in total. The highest BCUT2D eigenvalue weighted by Gasteiger charge is 2.65. The lowest BCUT2D eigenvalue weighted by molar-refractivity contribution is -0.135. The molecule has 7 heteroatoms. The summed E-state index contributed by atoms with van der Waals surface area (Å²) >= 11 is 0. The Morgan fingerprint density at radius 1 is 1.08 bits per heavy atom. The van der Waals surface area contributed by atoms with Crippen molar-refractivity contribution in [2.24, 2.45) is 0 Å². The van der Waals surface area contributed by atoms with E-state index < -0.39 is 0 Å². The standard InChI is InChI=1S/C17H27N5O2/c1-2-4-6-16(5-3-1)11-22(7-8-23-16)12-17-9-15(10-17,13-24-17)14-18-20-21-19-14/h1-13H2,(H,18,19,20,21). The van der Waals surface area contributed by atoms with Crippen LogP contribution in [0.2, 0.25) is 0 Å². The minimum atomic E-state index is 0.00386. The fraction of sp³-hybridized carbons (Fsp3) is 0.941. The van der Waals surface area contributed by atoms with Crippen LogP contribution in [0.15, 0.2) is 0 Å². The van der Waals surface area contributed by atoms with Crippen LogP contribution < -0.4 is 0 Å². The first-order valence-electron chi connectivity index (χ1n) is 9.46. The Labute approximate surface area is 142 Å². The van der Waals surface area contributed by atoms with E-state index in [-0.39, 0.29) is 16.6 Å². The van der Waals surface area contributed by atoms with Crippen LogP contribution in [0.1, 0.15) is 57.2 Å². The van der Waals surface area contributed by atoms with E-state index in [0.717, 1.165) is 51.5 Å². The molecule has 24 heavy (non-hydrogen) atoms. The van der Waals surface area contributed by atoms with Gasteiger partial charge in [-0.25, -0.2) is 0 Å². The number of hydrogen-bond acceptors (Lipinski definition) is 6. The monoisotopic (exact) mass is 333 g/mol. The van der Waals surface area contributed by atoms with Gasteiger partial charge in [-0.3, -0.25) is 4.90 Å². The van der Waals surface area contributed by atoms with Gasteiger partial charge in [-0.1, -0.05) is 30.9 Å². The van der Waals surface area contributed by atoms with Crippen molar-refractivity contribution in [2.45, 2.75) is 68.0 Å². The van der Waals surface area contributed by atoms with Crippen LogP contribution in [0.3, 0.4) is 0 Å². The summed E-state index contributed by atoms with van der Waals surface area (Å²) in [5, 5.41) is 14.7. The van der Waals surface area contributed by atoms with Crippen LogP contribution >= 0.6 is 0 Å². The zero-order valence-electron chi connectivity index (χ0n) is 14.3. The summed E-state index contributed by atoms with van der Waals surface area (Å²) in [7, 11) is 0. The number of nitrogens with one attached hydrogen (secondary N) is 1. The molecule has 4 heterocycles. The summed E-state index contributed by atoms with van der Waals surface area (Å²) in [4.78, 5) is 2.60. The fourth-order valence-corrected chi connectivity index (χ4v) is 5.58. The Morgan fingerprint density at radius 3 is 2.67 bits per heavy atom. The Bertz CT molecular complexity index is 576. The number of aromatic nitrogens is 4. The maximum absolute atomic E-state index is 6.29. The molecule has 2 aliphatic carbocycles. The number of ether oxygens (including phenoxy) is 2. The minimum Gasteiger partial charge on any atom is -0.373 e. The summed E-state index contributed by atoms with van der Waals surface area (Å²) in [6.07, 6.45) is 9.88. The number of nitrogens with zero attached hydrogens (tertiary/aromatic N) is 4. The van der Waals surface area contributed by atoms with Crippen LogP contribution in [0, 0.1) is 0 Å². The number of aromatic amines is 1. The molecule has 132 valence electrons. The van der Waals surface area contributed by atoms with Gasteiger partial charge in [0.05, 0.1) is 29.8 Å². The molecule has 0 radical (unpaired) electrons. The smallest absolute Gasteiger partial charge is 0.183 e. The second-order valence-electron chi connectivity index (χ2n) is 8.50. The Kier molecular flexibility index (Phi) is 3.47. The van der Waals surface area contributed by atoms with E-state index in [9.17, 15) is 0 Å². The zero-order chi connectivity index (χ0) is 16.1. The Hall–Kier alpha value is -1.05. The van der Waals surface area contributed by atoms with Gasteiger partial charge in [0, 0.05) is 19.6 Å². The van der Waals surface area contributed by atoms with E-state index in [2.05, 4.69) is 25.5 Å². The fourth-order valence-electron chi connectivity index (χ4n) is 5.58. The zero-order valence-corrected chi connectivity index (χ0v) is 14.3. The highest BCUT2D eigenvalue weighted by Crippen LogP contribution is 2.58. The van der Waals surface area contributed by atoms with Gasteiger partial charge < -0.3 is 9.47 Å². The molecule has 2 bridgehead atoms. The van der Waals surface area contributed by atoms with Crippen LogP contribution in [-0.2, 0) is 14.9 Å². The van der Waals surface area contributed by atoms with E-state index in [1.807, 2.05) is 0 Å². The summed E-state index contributed by atoms with van der Waals surface area (Å²) < 4.78 is 12.5. The predicted octanol–water partition coefficient (Wildman–Crippen LogP) is 1.43. The minimum absolute atomic E-state index is 0.00386. The SMILES string of the molecule is C1CCCC2(CC1)CN(CC13CC(c4nn[nH]n4)(CO1)C3)CCO2. The average molecular weight is 333 g/mol. The maximum atomic E-state index is 6.29. The number of morpholine rings is 1. The van der Waals surface area contributed by atoms with Crippen molar-refractivity contribution >= 4 is 0 Å². The molecule has 5 fully saturated rings. The summed E-state index contributed by atoms with van der Waals surface area (Å²) in [6.45, 7) is 4.74. The number of tetrazole rings is 1. The molecule has 1 aromatic rings. The first-order chi connectivity index (χ1) is 11.7. The van der Waals surface area contributed by atoms with E-state index in [1.165, 1.54) is 38.5 Å². The van der Waals surface area contributed by atoms with Crippen molar-refractivity contribution in [3.63, 3.8) is 0 Å². The highest BCUT2D eigenvalue weighted by molar-refractivity contribution is 5.25. The van der Waals surface area contributed by atoms with E-state index in [4.69, 9.17) is 9.47 Å². The third kappa shape index (κ3) is 2.40. The van der Waals surface area contributed by atoms with Gasteiger partial charge >= 0.3 is 0 Å². The first kappa shape index (κ1) is 15.2. The van der Waals surface area contributed by atoms with Crippen LogP contribution in [0.4, 0.5) is 0 Å². The molecular weight excluding hydrogens is 306 g/mol. The topological polar surface area (TPSA) is 76.2 Å².